The van der Waals surface area contributed by atoms with E-state index in [1.54, 1.807) is 11.0 Å². The lowest BCUT2D eigenvalue weighted by atomic mass is 9.87. The molecule has 1 aliphatic rings. The number of rotatable bonds is 8. The molecule has 1 aliphatic heterocycles. The topological polar surface area (TPSA) is 109 Å². The molecule has 3 N–H and O–H groups in total. The Morgan fingerprint density at radius 3 is 2.50 bits per heavy atom. The van der Waals surface area contributed by atoms with Gasteiger partial charge in [-0.15, -0.1) is 0 Å². The Morgan fingerprint density at radius 1 is 1.08 bits per heavy atom. The number of ether oxygens (including phenoxy) is 1. The van der Waals surface area contributed by atoms with Crippen molar-refractivity contribution in [1.29, 1.82) is 0 Å². The zero-order valence-corrected chi connectivity index (χ0v) is 21.3. The van der Waals surface area contributed by atoms with Crippen molar-refractivity contribution in [3.05, 3.63) is 41.7 Å². The summed E-state index contributed by atoms with van der Waals surface area (Å²) in [6, 6.07) is 4.13. The summed E-state index contributed by atoms with van der Waals surface area (Å²) in [5.74, 6) is -0.364. The highest BCUT2D eigenvalue weighted by atomic mass is 19.2. The Balaban J connectivity index is 1.62. The molecule has 0 fully saturated rings. The number of nitrogen functional groups attached to an aromatic ring is 1. The molecule has 0 amide bonds. The van der Waals surface area contributed by atoms with E-state index in [-0.39, 0.29) is 5.95 Å². The second-order valence-electron chi connectivity index (χ2n) is 9.67. The standard InChI is InChI=1S/C24H31F2N9O/c1-24(2)12-35(19-10-16(26)15(25)9-14(19)24)23-29-13-28-22(32-23)30-18-11-17(27)20(31-21(18)36-6)34(5)8-7-33(3)4/h9-11,13H,7-8,12,27H2,1-6H3,(H,28,29,30,32). The zero-order valence-electron chi connectivity index (χ0n) is 21.3. The Morgan fingerprint density at radius 2 is 1.81 bits per heavy atom. The summed E-state index contributed by atoms with van der Waals surface area (Å²) in [7, 11) is 7.43. The number of aromatic nitrogens is 4. The summed E-state index contributed by atoms with van der Waals surface area (Å²) in [5.41, 5.74) is 8.01. The van der Waals surface area contributed by atoms with Crippen molar-refractivity contribution in [3.63, 3.8) is 0 Å². The van der Waals surface area contributed by atoms with Crippen LogP contribution in [0.5, 0.6) is 5.88 Å². The molecule has 10 nitrogen and oxygen atoms in total. The number of halogens is 2. The predicted octanol–water partition coefficient (Wildman–Crippen LogP) is 3.31. The average molecular weight is 500 g/mol. The number of hydrogen-bond acceptors (Lipinski definition) is 10. The van der Waals surface area contributed by atoms with Gasteiger partial charge in [0.25, 0.3) is 0 Å². The molecule has 3 aromatic rings. The summed E-state index contributed by atoms with van der Waals surface area (Å²) in [5, 5.41) is 3.09. The number of benzene rings is 1. The maximum atomic E-state index is 14.1. The van der Waals surface area contributed by atoms with E-state index in [1.807, 2.05) is 39.9 Å². The number of nitrogens with one attached hydrogen (secondary N) is 1. The van der Waals surface area contributed by atoms with Crippen molar-refractivity contribution in [2.75, 3.05) is 68.7 Å². The van der Waals surface area contributed by atoms with Crippen LogP contribution < -0.4 is 25.6 Å². The second-order valence-corrected chi connectivity index (χ2v) is 9.67. The predicted molar refractivity (Wildman–Crippen MR) is 137 cm³/mol. The van der Waals surface area contributed by atoms with Gasteiger partial charge in [-0.1, -0.05) is 13.8 Å². The Hall–Kier alpha value is -3.80. The van der Waals surface area contributed by atoms with E-state index in [2.05, 4.69) is 30.2 Å². The minimum atomic E-state index is -0.925. The molecule has 36 heavy (non-hydrogen) atoms. The van der Waals surface area contributed by atoms with Crippen LogP contribution in [0.4, 0.5) is 43.6 Å². The van der Waals surface area contributed by atoms with Gasteiger partial charge in [-0.2, -0.15) is 9.97 Å². The van der Waals surface area contributed by atoms with E-state index in [4.69, 9.17) is 10.5 Å². The zero-order chi connectivity index (χ0) is 26.2. The number of pyridine rings is 1. The van der Waals surface area contributed by atoms with E-state index < -0.39 is 17.0 Å². The van der Waals surface area contributed by atoms with E-state index in [9.17, 15) is 8.78 Å². The minimum Gasteiger partial charge on any atom is -0.479 e. The molecule has 12 heteroatoms. The second kappa shape index (κ2) is 9.69. The first-order chi connectivity index (χ1) is 17.0. The molecule has 0 atom stereocenters. The molecule has 0 saturated carbocycles. The van der Waals surface area contributed by atoms with E-state index in [1.165, 1.54) is 25.6 Å². The molecule has 4 rings (SSSR count). The van der Waals surface area contributed by atoms with Gasteiger partial charge >= 0.3 is 0 Å². The van der Waals surface area contributed by atoms with Gasteiger partial charge in [-0.05, 0) is 31.8 Å². The third-order valence-electron chi connectivity index (χ3n) is 6.09. The van der Waals surface area contributed by atoms with Crippen LogP contribution >= 0.6 is 0 Å². The SMILES string of the molecule is COc1nc(N(C)CCN(C)C)c(N)cc1Nc1ncnc(N2CC(C)(C)c3cc(F)c(F)cc32)n1. The van der Waals surface area contributed by atoms with Gasteiger partial charge in [-0.25, -0.2) is 18.7 Å². The molecular weight excluding hydrogens is 468 g/mol. The number of nitrogens with two attached hydrogens (primary N) is 1. The first kappa shape index (κ1) is 25.3. The normalized spacial score (nSPS) is 14.2. The molecule has 192 valence electrons. The van der Waals surface area contributed by atoms with Crippen LogP contribution in [0.3, 0.4) is 0 Å². The largest absolute Gasteiger partial charge is 0.479 e. The van der Waals surface area contributed by atoms with Gasteiger partial charge in [0.15, 0.2) is 17.5 Å². The lowest BCUT2D eigenvalue weighted by molar-refractivity contribution is 0.398. The quantitative estimate of drug-likeness (QED) is 0.479. The van der Waals surface area contributed by atoms with Gasteiger partial charge < -0.3 is 30.5 Å². The smallest absolute Gasteiger partial charge is 0.239 e. The maximum absolute atomic E-state index is 14.1. The number of fused-ring (bicyclic) bond motifs is 1. The number of likely N-dealkylation sites (N-methyl/N-ethyl adjacent to an activating group) is 2. The fourth-order valence-corrected chi connectivity index (χ4v) is 4.15. The third kappa shape index (κ3) is 4.94. The molecule has 0 aliphatic carbocycles. The highest BCUT2D eigenvalue weighted by Gasteiger charge is 2.38. The number of nitrogens with zero attached hydrogens (tertiary/aromatic N) is 7. The molecule has 3 heterocycles. The van der Waals surface area contributed by atoms with Crippen LogP contribution in [-0.4, -0.2) is 72.7 Å². The van der Waals surface area contributed by atoms with Gasteiger partial charge in [0.2, 0.25) is 17.8 Å². The van der Waals surface area contributed by atoms with Crippen LogP contribution in [-0.2, 0) is 5.41 Å². The van der Waals surface area contributed by atoms with Crippen molar-refractivity contribution in [2.45, 2.75) is 19.3 Å². The molecule has 0 spiro atoms. The molecule has 1 aromatic carbocycles. The summed E-state index contributed by atoms with van der Waals surface area (Å²) < 4.78 is 33.5. The van der Waals surface area contributed by atoms with Crippen molar-refractivity contribution < 1.29 is 13.5 Å². The van der Waals surface area contributed by atoms with Crippen molar-refractivity contribution >= 4 is 34.8 Å². The minimum absolute atomic E-state index is 0.224. The van der Waals surface area contributed by atoms with Gasteiger partial charge in [0.1, 0.15) is 12.0 Å². The molecular formula is C24H31F2N9O. The van der Waals surface area contributed by atoms with Crippen LogP contribution in [0.1, 0.15) is 19.4 Å². The van der Waals surface area contributed by atoms with Crippen LogP contribution in [0.2, 0.25) is 0 Å². The van der Waals surface area contributed by atoms with Crippen molar-refractivity contribution in [1.82, 2.24) is 24.8 Å². The highest BCUT2D eigenvalue weighted by Crippen LogP contribution is 2.44. The molecule has 0 radical (unpaired) electrons. The third-order valence-corrected chi connectivity index (χ3v) is 6.09. The van der Waals surface area contributed by atoms with Gasteiger partial charge in [0.05, 0.1) is 18.5 Å². The summed E-state index contributed by atoms with van der Waals surface area (Å²) in [4.78, 5) is 23.3. The summed E-state index contributed by atoms with van der Waals surface area (Å²) in [6.45, 7) is 5.93. The lowest BCUT2D eigenvalue weighted by Gasteiger charge is -2.23. The van der Waals surface area contributed by atoms with Crippen LogP contribution in [0.15, 0.2) is 24.5 Å². The van der Waals surface area contributed by atoms with E-state index in [0.29, 0.717) is 46.8 Å². The Kier molecular flexibility index (Phi) is 6.81. The highest BCUT2D eigenvalue weighted by molar-refractivity contribution is 5.74. The number of hydrogen-bond donors (Lipinski definition) is 2. The molecule has 0 saturated heterocycles. The maximum Gasteiger partial charge on any atom is 0.239 e. The number of methoxy groups -OCH3 is 1. The first-order valence-corrected chi connectivity index (χ1v) is 11.4. The first-order valence-electron chi connectivity index (χ1n) is 11.4. The van der Waals surface area contributed by atoms with Gasteiger partial charge in [-0.3, -0.25) is 0 Å². The Bertz CT molecular complexity index is 1270. The van der Waals surface area contributed by atoms with Crippen molar-refractivity contribution in [3.8, 4) is 5.88 Å². The molecule has 0 bridgehead atoms. The summed E-state index contributed by atoms with van der Waals surface area (Å²) in [6.07, 6.45) is 1.35. The monoisotopic (exact) mass is 499 g/mol. The van der Waals surface area contributed by atoms with E-state index >= 15 is 0 Å². The molecule has 2 aromatic heterocycles. The Labute approximate surface area is 209 Å². The van der Waals surface area contributed by atoms with Crippen LogP contribution in [0.25, 0.3) is 0 Å². The fraction of sp³-hybridized carbons (Fsp3) is 0.417. The molecule has 0 unspecified atom stereocenters. The van der Waals surface area contributed by atoms with Crippen molar-refractivity contribution in [2.24, 2.45) is 0 Å². The average Bonchev–Trinajstić information content (AvgIpc) is 3.08. The lowest BCUT2D eigenvalue weighted by Crippen LogP contribution is -2.29. The van der Waals surface area contributed by atoms with Crippen LogP contribution in [0, 0.1) is 11.6 Å². The van der Waals surface area contributed by atoms with E-state index in [0.717, 1.165) is 13.1 Å². The summed E-state index contributed by atoms with van der Waals surface area (Å²) >= 11 is 0. The fourth-order valence-electron chi connectivity index (χ4n) is 4.15. The number of anilines is 6. The van der Waals surface area contributed by atoms with Gasteiger partial charge in [0, 0.05) is 38.2 Å².